The fourth-order valence-corrected chi connectivity index (χ4v) is 2.19. The maximum Gasteiger partial charge on any atom is 0.0635 e. The zero-order valence-corrected chi connectivity index (χ0v) is 11.2. The van der Waals surface area contributed by atoms with Crippen molar-refractivity contribution in [3.8, 4) is 0 Å². The van der Waals surface area contributed by atoms with Gasteiger partial charge in [-0.15, -0.1) is 0 Å². The molecule has 1 aromatic carbocycles. The summed E-state index contributed by atoms with van der Waals surface area (Å²) in [6, 6.07) is 14.3. The highest BCUT2D eigenvalue weighted by atomic mass is 16.3. The van der Waals surface area contributed by atoms with Crippen molar-refractivity contribution in [3.63, 3.8) is 0 Å². The number of anilines is 1. The molecule has 100 valence electrons. The molecule has 0 spiro atoms. The van der Waals surface area contributed by atoms with Crippen molar-refractivity contribution in [1.29, 1.82) is 0 Å². The van der Waals surface area contributed by atoms with Crippen molar-refractivity contribution < 1.29 is 5.11 Å². The standard InChI is InChI=1S/C16H20N2O/c1-2-15(13-19)18(16-8-4-3-5-9-16)12-14-7-6-10-17-11-14/h3-11,15,19H,2,12-13H2,1H3/t15-/m0/s1. The second-order valence-electron chi connectivity index (χ2n) is 4.57. The lowest BCUT2D eigenvalue weighted by Gasteiger charge is -2.32. The summed E-state index contributed by atoms with van der Waals surface area (Å²) < 4.78 is 0. The van der Waals surface area contributed by atoms with Crippen molar-refractivity contribution in [2.75, 3.05) is 11.5 Å². The normalized spacial score (nSPS) is 12.1. The van der Waals surface area contributed by atoms with E-state index in [4.69, 9.17) is 0 Å². The Kier molecular flexibility index (Phi) is 4.93. The Morgan fingerprint density at radius 1 is 1.16 bits per heavy atom. The Hall–Kier alpha value is -1.87. The van der Waals surface area contributed by atoms with E-state index in [1.165, 1.54) is 0 Å². The summed E-state index contributed by atoms with van der Waals surface area (Å²) in [6.45, 7) is 3.02. The van der Waals surface area contributed by atoms with Crippen molar-refractivity contribution >= 4 is 5.69 Å². The largest absolute Gasteiger partial charge is 0.394 e. The van der Waals surface area contributed by atoms with E-state index in [0.717, 1.165) is 24.2 Å². The first-order valence-corrected chi connectivity index (χ1v) is 6.66. The molecule has 1 heterocycles. The van der Waals surface area contributed by atoms with Crippen molar-refractivity contribution in [2.45, 2.75) is 25.9 Å². The van der Waals surface area contributed by atoms with Crippen LogP contribution in [0.15, 0.2) is 54.9 Å². The number of pyridine rings is 1. The fraction of sp³-hybridized carbons (Fsp3) is 0.312. The first-order valence-electron chi connectivity index (χ1n) is 6.66. The summed E-state index contributed by atoms with van der Waals surface area (Å²) >= 11 is 0. The number of nitrogens with zero attached hydrogens (tertiary/aromatic N) is 2. The average molecular weight is 256 g/mol. The van der Waals surface area contributed by atoms with E-state index in [1.54, 1.807) is 6.20 Å². The van der Waals surface area contributed by atoms with Gasteiger partial charge in [0, 0.05) is 24.6 Å². The zero-order chi connectivity index (χ0) is 13.5. The third-order valence-corrected chi connectivity index (χ3v) is 3.29. The maximum absolute atomic E-state index is 9.58. The van der Waals surface area contributed by atoms with E-state index in [-0.39, 0.29) is 12.6 Å². The van der Waals surface area contributed by atoms with Gasteiger partial charge in [0.25, 0.3) is 0 Å². The van der Waals surface area contributed by atoms with Gasteiger partial charge in [0.05, 0.1) is 12.6 Å². The van der Waals surface area contributed by atoms with Crippen LogP contribution >= 0.6 is 0 Å². The van der Waals surface area contributed by atoms with Gasteiger partial charge < -0.3 is 10.0 Å². The molecular weight excluding hydrogens is 236 g/mol. The molecule has 0 bridgehead atoms. The maximum atomic E-state index is 9.58. The molecule has 1 N–H and O–H groups in total. The van der Waals surface area contributed by atoms with Crippen LogP contribution in [0.25, 0.3) is 0 Å². The quantitative estimate of drug-likeness (QED) is 0.863. The van der Waals surface area contributed by atoms with Crippen LogP contribution < -0.4 is 4.90 Å². The van der Waals surface area contributed by atoms with Gasteiger partial charge in [0.2, 0.25) is 0 Å². The van der Waals surface area contributed by atoms with E-state index in [1.807, 2.05) is 30.5 Å². The molecule has 0 aliphatic heterocycles. The first kappa shape index (κ1) is 13.6. The molecule has 19 heavy (non-hydrogen) atoms. The van der Waals surface area contributed by atoms with Crippen molar-refractivity contribution in [2.24, 2.45) is 0 Å². The summed E-state index contributed by atoms with van der Waals surface area (Å²) in [7, 11) is 0. The van der Waals surface area contributed by atoms with Gasteiger partial charge in [-0.2, -0.15) is 0 Å². The van der Waals surface area contributed by atoms with Gasteiger partial charge in [0.1, 0.15) is 0 Å². The van der Waals surface area contributed by atoms with E-state index in [9.17, 15) is 5.11 Å². The van der Waals surface area contributed by atoms with E-state index >= 15 is 0 Å². The van der Waals surface area contributed by atoms with Crippen LogP contribution in [-0.2, 0) is 6.54 Å². The van der Waals surface area contributed by atoms with Gasteiger partial charge in [-0.3, -0.25) is 4.98 Å². The van der Waals surface area contributed by atoms with Crippen LogP contribution in [0.4, 0.5) is 5.69 Å². The van der Waals surface area contributed by atoms with Crippen molar-refractivity contribution in [3.05, 3.63) is 60.4 Å². The molecule has 0 radical (unpaired) electrons. The predicted molar refractivity (Wildman–Crippen MR) is 78.0 cm³/mol. The molecule has 0 unspecified atom stereocenters. The Balaban J connectivity index is 2.24. The van der Waals surface area contributed by atoms with Crippen LogP contribution in [0.2, 0.25) is 0 Å². The van der Waals surface area contributed by atoms with Crippen LogP contribution in [0.3, 0.4) is 0 Å². The molecular formula is C16H20N2O. The first-order chi connectivity index (χ1) is 9.35. The molecule has 0 saturated heterocycles. The van der Waals surface area contributed by atoms with Crippen molar-refractivity contribution in [1.82, 2.24) is 4.98 Å². The lowest BCUT2D eigenvalue weighted by atomic mass is 10.1. The molecule has 0 fully saturated rings. The molecule has 2 aromatic rings. The molecule has 1 aromatic heterocycles. The number of hydrogen-bond acceptors (Lipinski definition) is 3. The third kappa shape index (κ3) is 3.55. The minimum Gasteiger partial charge on any atom is -0.394 e. The zero-order valence-electron chi connectivity index (χ0n) is 11.2. The summed E-state index contributed by atoms with van der Waals surface area (Å²) in [4.78, 5) is 6.39. The molecule has 0 aliphatic rings. The Morgan fingerprint density at radius 2 is 1.95 bits per heavy atom. The number of aromatic nitrogens is 1. The van der Waals surface area contributed by atoms with Crippen LogP contribution in [0.5, 0.6) is 0 Å². The highest BCUT2D eigenvalue weighted by Crippen LogP contribution is 2.20. The number of hydrogen-bond donors (Lipinski definition) is 1. The number of para-hydroxylation sites is 1. The highest BCUT2D eigenvalue weighted by molar-refractivity contribution is 5.47. The third-order valence-electron chi connectivity index (χ3n) is 3.29. The van der Waals surface area contributed by atoms with Crippen LogP contribution in [0, 0.1) is 0 Å². The minimum atomic E-state index is 0.127. The van der Waals surface area contributed by atoms with Gasteiger partial charge in [-0.25, -0.2) is 0 Å². The van der Waals surface area contributed by atoms with E-state index in [2.05, 4.69) is 35.0 Å². The minimum absolute atomic E-state index is 0.127. The molecule has 3 nitrogen and oxygen atoms in total. The van der Waals surface area contributed by atoms with Gasteiger partial charge >= 0.3 is 0 Å². The monoisotopic (exact) mass is 256 g/mol. The molecule has 0 amide bonds. The predicted octanol–water partition coefficient (Wildman–Crippen LogP) is 2.86. The fourth-order valence-electron chi connectivity index (χ4n) is 2.19. The molecule has 1 atom stereocenters. The smallest absolute Gasteiger partial charge is 0.0635 e. The number of aliphatic hydroxyl groups is 1. The summed E-state index contributed by atoms with van der Waals surface area (Å²) in [5, 5.41) is 9.58. The lowest BCUT2D eigenvalue weighted by molar-refractivity contribution is 0.255. The van der Waals surface area contributed by atoms with Gasteiger partial charge in [0.15, 0.2) is 0 Å². The molecule has 0 aliphatic carbocycles. The average Bonchev–Trinajstić information content (AvgIpc) is 2.49. The Morgan fingerprint density at radius 3 is 2.53 bits per heavy atom. The molecule has 3 heteroatoms. The summed E-state index contributed by atoms with van der Waals surface area (Å²) in [6.07, 6.45) is 4.56. The second kappa shape index (κ2) is 6.90. The number of rotatable bonds is 6. The van der Waals surface area contributed by atoms with Crippen LogP contribution in [0.1, 0.15) is 18.9 Å². The Labute approximate surface area is 114 Å². The topological polar surface area (TPSA) is 36.4 Å². The van der Waals surface area contributed by atoms with E-state index < -0.39 is 0 Å². The van der Waals surface area contributed by atoms with Crippen LogP contribution in [-0.4, -0.2) is 22.7 Å². The van der Waals surface area contributed by atoms with E-state index in [0.29, 0.717) is 0 Å². The lowest BCUT2D eigenvalue weighted by Crippen LogP contribution is -2.37. The van der Waals surface area contributed by atoms with Gasteiger partial charge in [-0.05, 0) is 30.2 Å². The SMILES string of the molecule is CC[C@@H](CO)N(Cc1cccnc1)c1ccccc1. The Bertz CT molecular complexity index is 469. The van der Waals surface area contributed by atoms with Gasteiger partial charge in [-0.1, -0.05) is 31.2 Å². The molecule has 2 rings (SSSR count). The summed E-state index contributed by atoms with van der Waals surface area (Å²) in [5.41, 5.74) is 2.28. The summed E-state index contributed by atoms with van der Waals surface area (Å²) in [5.74, 6) is 0. The second-order valence-corrected chi connectivity index (χ2v) is 4.57. The number of benzene rings is 1. The molecule has 0 saturated carbocycles. The highest BCUT2D eigenvalue weighted by Gasteiger charge is 2.16. The number of aliphatic hydroxyl groups excluding tert-OH is 1.